The first-order chi connectivity index (χ1) is 19.1. The van der Waals surface area contributed by atoms with Gasteiger partial charge in [0.1, 0.15) is 23.3 Å². The summed E-state index contributed by atoms with van der Waals surface area (Å²) in [5.41, 5.74) is 3.89. The third-order valence-corrected chi connectivity index (χ3v) is 6.75. The minimum Gasteiger partial charge on any atom is -0.495 e. The van der Waals surface area contributed by atoms with Gasteiger partial charge < -0.3 is 19.5 Å². The maximum absolute atomic E-state index is 12.7. The molecule has 3 aromatic rings. The number of carbonyl (C=O) groups is 2. The molecule has 11 nitrogen and oxygen atoms in total. The Morgan fingerprint density at radius 3 is 2.23 bits per heavy atom. The van der Waals surface area contributed by atoms with Crippen molar-refractivity contribution >= 4 is 39.4 Å². The standard InChI is InChI=1S/C28H32N4O7S/c1-5-38-23-16-12-22(13-17-23)32(40(4,35)36)20(2)28(34)31-29-18-21-10-14-24(15-11-21)39-19-27(33)30-25-8-6-7-9-26(25)37-3/h6-18,20H,5,19H2,1-4H3,(H,30,33)(H,31,34). The smallest absolute Gasteiger partial charge is 0.263 e. The first-order valence-corrected chi connectivity index (χ1v) is 14.2. The average molecular weight is 569 g/mol. The topological polar surface area (TPSA) is 136 Å². The van der Waals surface area contributed by atoms with E-state index in [-0.39, 0.29) is 12.5 Å². The molecule has 0 aliphatic rings. The number of hydrogen-bond acceptors (Lipinski definition) is 8. The lowest BCUT2D eigenvalue weighted by molar-refractivity contribution is -0.121. The zero-order valence-electron chi connectivity index (χ0n) is 22.7. The second-order valence-corrected chi connectivity index (χ2v) is 10.4. The van der Waals surface area contributed by atoms with Crippen LogP contribution >= 0.6 is 0 Å². The molecule has 0 heterocycles. The molecule has 12 heteroatoms. The van der Waals surface area contributed by atoms with E-state index in [1.54, 1.807) is 72.8 Å². The van der Waals surface area contributed by atoms with Crippen molar-refractivity contribution in [3.05, 3.63) is 78.4 Å². The highest BCUT2D eigenvalue weighted by molar-refractivity contribution is 7.92. The van der Waals surface area contributed by atoms with Gasteiger partial charge in [-0.15, -0.1) is 0 Å². The van der Waals surface area contributed by atoms with Crippen molar-refractivity contribution in [2.45, 2.75) is 19.9 Å². The number of methoxy groups -OCH3 is 1. The van der Waals surface area contributed by atoms with Gasteiger partial charge in [-0.1, -0.05) is 12.1 Å². The van der Waals surface area contributed by atoms with E-state index < -0.39 is 22.0 Å². The summed E-state index contributed by atoms with van der Waals surface area (Å²) in [6, 6.07) is 19.1. The average Bonchev–Trinajstić information content (AvgIpc) is 2.93. The number of rotatable bonds is 13. The highest BCUT2D eigenvalue weighted by atomic mass is 32.2. The molecule has 3 rings (SSSR count). The number of ether oxygens (including phenoxy) is 3. The molecule has 40 heavy (non-hydrogen) atoms. The third kappa shape index (κ3) is 8.46. The molecule has 1 atom stereocenters. The van der Waals surface area contributed by atoms with Crippen LogP contribution in [0.25, 0.3) is 0 Å². The minimum absolute atomic E-state index is 0.204. The van der Waals surface area contributed by atoms with Gasteiger partial charge in [-0.2, -0.15) is 5.10 Å². The molecule has 2 N–H and O–H groups in total. The fraction of sp³-hybridized carbons (Fsp3) is 0.250. The molecule has 0 aliphatic heterocycles. The Morgan fingerprint density at radius 2 is 1.60 bits per heavy atom. The summed E-state index contributed by atoms with van der Waals surface area (Å²) in [5.74, 6) is 0.635. The number of anilines is 2. The number of amides is 2. The van der Waals surface area contributed by atoms with E-state index in [0.717, 1.165) is 10.6 Å². The fourth-order valence-electron chi connectivity index (χ4n) is 3.66. The van der Waals surface area contributed by atoms with Crippen LogP contribution in [0.15, 0.2) is 77.9 Å². The molecule has 3 aromatic carbocycles. The largest absolute Gasteiger partial charge is 0.495 e. The van der Waals surface area contributed by atoms with E-state index in [1.807, 2.05) is 6.92 Å². The lowest BCUT2D eigenvalue weighted by atomic mass is 10.2. The highest BCUT2D eigenvalue weighted by Crippen LogP contribution is 2.24. The zero-order valence-corrected chi connectivity index (χ0v) is 23.5. The van der Waals surface area contributed by atoms with Gasteiger partial charge in [-0.05, 0) is 80.1 Å². The second-order valence-electron chi connectivity index (χ2n) is 8.50. The predicted octanol–water partition coefficient (Wildman–Crippen LogP) is 3.42. The molecular weight excluding hydrogens is 536 g/mol. The molecule has 0 fully saturated rings. The summed E-state index contributed by atoms with van der Waals surface area (Å²) in [5, 5.41) is 6.67. The summed E-state index contributed by atoms with van der Waals surface area (Å²) in [7, 11) is -2.25. The monoisotopic (exact) mass is 568 g/mol. The summed E-state index contributed by atoms with van der Waals surface area (Å²) in [4.78, 5) is 24.9. The molecule has 0 saturated heterocycles. The van der Waals surface area contributed by atoms with E-state index in [2.05, 4.69) is 15.8 Å². The van der Waals surface area contributed by atoms with Crippen molar-refractivity contribution in [3.8, 4) is 17.2 Å². The maximum atomic E-state index is 12.7. The van der Waals surface area contributed by atoms with Crippen molar-refractivity contribution in [1.82, 2.24) is 5.43 Å². The normalized spacial score (nSPS) is 11.9. The summed E-state index contributed by atoms with van der Waals surface area (Å²) in [6.07, 6.45) is 2.44. The first kappa shape index (κ1) is 30.0. The number of benzene rings is 3. The number of nitrogens with zero attached hydrogens (tertiary/aromatic N) is 2. The Kier molecular flexibility index (Phi) is 10.5. The number of carbonyl (C=O) groups excluding carboxylic acids is 2. The van der Waals surface area contributed by atoms with Crippen molar-refractivity contribution in [3.63, 3.8) is 0 Å². The third-order valence-electron chi connectivity index (χ3n) is 5.51. The second kappa shape index (κ2) is 14.0. The van der Waals surface area contributed by atoms with Gasteiger partial charge in [0.05, 0.1) is 37.6 Å². The molecular formula is C28H32N4O7S. The Labute approximate surface area is 233 Å². The van der Waals surface area contributed by atoms with Gasteiger partial charge in [0, 0.05) is 0 Å². The van der Waals surface area contributed by atoms with E-state index in [9.17, 15) is 18.0 Å². The van der Waals surface area contributed by atoms with Gasteiger partial charge in [0.15, 0.2) is 6.61 Å². The number of para-hydroxylation sites is 2. The van der Waals surface area contributed by atoms with Crippen LogP contribution in [0.1, 0.15) is 19.4 Å². The van der Waals surface area contributed by atoms with E-state index >= 15 is 0 Å². The van der Waals surface area contributed by atoms with Crippen molar-refractivity contribution in [2.75, 3.05) is 36.2 Å². The Balaban J connectivity index is 1.54. The van der Waals surface area contributed by atoms with Crippen LogP contribution in [0.5, 0.6) is 17.2 Å². The van der Waals surface area contributed by atoms with E-state index in [0.29, 0.717) is 40.8 Å². The SMILES string of the molecule is CCOc1ccc(N(C(C)C(=O)NN=Cc2ccc(OCC(=O)Nc3ccccc3OC)cc2)S(C)(=O)=O)cc1. The van der Waals surface area contributed by atoms with Crippen LogP contribution in [0.4, 0.5) is 11.4 Å². The lowest BCUT2D eigenvalue weighted by Gasteiger charge is -2.27. The van der Waals surface area contributed by atoms with Crippen molar-refractivity contribution < 1.29 is 32.2 Å². The van der Waals surface area contributed by atoms with Crippen LogP contribution in [-0.4, -0.2) is 59.1 Å². The fourth-order valence-corrected chi connectivity index (χ4v) is 4.84. The first-order valence-electron chi connectivity index (χ1n) is 12.3. The summed E-state index contributed by atoms with van der Waals surface area (Å²) >= 11 is 0. The Bertz CT molecular complexity index is 1430. The van der Waals surface area contributed by atoms with Crippen LogP contribution < -0.4 is 29.3 Å². The number of nitrogens with one attached hydrogen (secondary N) is 2. The minimum atomic E-state index is -3.77. The van der Waals surface area contributed by atoms with Crippen LogP contribution in [-0.2, 0) is 19.6 Å². The van der Waals surface area contributed by atoms with Gasteiger partial charge in [0.25, 0.3) is 11.8 Å². The quantitative estimate of drug-likeness (QED) is 0.238. The van der Waals surface area contributed by atoms with E-state index in [1.165, 1.54) is 20.2 Å². The Hall–Kier alpha value is -4.58. The van der Waals surface area contributed by atoms with Crippen molar-refractivity contribution in [2.24, 2.45) is 5.10 Å². The Morgan fingerprint density at radius 1 is 0.975 bits per heavy atom. The number of hydrogen-bond donors (Lipinski definition) is 2. The molecule has 0 bridgehead atoms. The van der Waals surface area contributed by atoms with Gasteiger partial charge in [0.2, 0.25) is 10.0 Å². The molecule has 0 radical (unpaired) electrons. The molecule has 0 saturated carbocycles. The molecule has 0 aliphatic carbocycles. The van der Waals surface area contributed by atoms with Gasteiger partial charge >= 0.3 is 0 Å². The predicted molar refractivity (Wildman–Crippen MR) is 154 cm³/mol. The zero-order chi connectivity index (χ0) is 29.1. The summed E-state index contributed by atoms with van der Waals surface area (Å²) < 4.78 is 42.1. The van der Waals surface area contributed by atoms with Crippen molar-refractivity contribution in [1.29, 1.82) is 0 Å². The molecule has 0 spiro atoms. The van der Waals surface area contributed by atoms with Crippen LogP contribution in [0.2, 0.25) is 0 Å². The summed E-state index contributed by atoms with van der Waals surface area (Å²) in [6.45, 7) is 3.59. The molecule has 0 aromatic heterocycles. The van der Waals surface area contributed by atoms with Gasteiger partial charge in [-0.25, -0.2) is 13.8 Å². The van der Waals surface area contributed by atoms with Crippen LogP contribution in [0.3, 0.4) is 0 Å². The molecule has 2 amide bonds. The lowest BCUT2D eigenvalue weighted by Crippen LogP contribution is -2.46. The van der Waals surface area contributed by atoms with Crippen LogP contribution in [0, 0.1) is 0 Å². The highest BCUT2D eigenvalue weighted by Gasteiger charge is 2.29. The maximum Gasteiger partial charge on any atom is 0.263 e. The molecule has 212 valence electrons. The number of sulfonamides is 1. The van der Waals surface area contributed by atoms with E-state index in [4.69, 9.17) is 14.2 Å². The number of hydrazone groups is 1. The van der Waals surface area contributed by atoms with Gasteiger partial charge in [-0.3, -0.25) is 13.9 Å². The molecule has 1 unspecified atom stereocenters.